The van der Waals surface area contributed by atoms with E-state index in [2.05, 4.69) is 26.2 Å². The van der Waals surface area contributed by atoms with Crippen molar-refractivity contribution in [1.29, 1.82) is 0 Å². The zero-order chi connectivity index (χ0) is 13.7. The van der Waals surface area contributed by atoms with Crippen molar-refractivity contribution in [3.05, 3.63) is 16.7 Å². The van der Waals surface area contributed by atoms with Crippen LogP contribution in [0.15, 0.2) is 16.7 Å². The van der Waals surface area contributed by atoms with Crippen molar-refractivity contribution in [2.24, 2.45) is 0 Å². The minimum atomic E-state index is -1.26. The number of nitrogens with zero attached hydrogens (tertiary/aromatic N) is 1. The number of ether oxygens (including phenoxy) is 1. The number of aromatic nitrogens is 1. The summed E-state index contributed by atoms with van der Waals surface area (Å²) in [5.74, 6) is -0.375. The van der Waals surface area contributed by atoms with Gasteiger partial charge in [0, 0.05) is 10.7 Å². The number of nitrogens with one attached hydrogen (secondary N) is 1. The normalized spacial score (nSPS) is 13.8. The summed E-state index contributed by atoms with van der Waals surface area (Å²) < 4.78 is 5.48. The van der Waals surface area contributed by atoms with Gasteiger partial charge in [0.25, 0.3) is 0 Å². The van der Waals surface area contributed by atoms with Gasteiger partial charge in [-0.1, -0.05) is 0 Å². The van der Waals surface area contributed by atoms with Crippen molar-refractivity contribution in [3.8, 4) is 0 Å². The zero-order valence-electron chi connectivity index (χ0n) is 10.2. The summed E-state index contributed by atoms with van der Waals surface area (Å²) in [4.78, 5) is 15.3. The maximum atomic E-state index is 11.4. The van der Waals surface area contributed by atoms with Gasteiger partial charge in [0.15, 0.2) is 6.10 Å². The molecule has 6 nitrogen and oxygen atoms in total. The maximum absolute atomic E-state index is 11.4. The Bertz CT molecular complexity index is 428. The second kappa shape index (κ2) is 6.55. The lowest BCUT2D eigenvalue weighted by molar-refractivity contribution is -0.153. The molecule has 0 aliphatic carbocycles. The molecule has 1 aromatic rings. The number of nitrogen functional groups attached to an aromatic ring is 1. The molecule has 1 heterocycles. The molecule has 0 bridgehead atoms. The second-order valence-corrected chi connectivity index (χ2v) is 4.63. The lowest BCUT2D eigenvalue weighted by atomic mass is 10.2. The molecule has 18 heavy (non-hydrogen) atoms. The third-order valence-corrected chi connectivity index (χ3v) is 2.70. The van der Waals surface area contributed by atoms with E-state index in [4.69, 9.17) is 10.5 Å². The number of esters is 1. The first-order chi connectivity index (χ1) is 8.45. The summed E-state index contributed by atoms with van der Waals surface area (Å²) in [7, 11) is 0. The van der Waals surface area contributed by atoms with Crippen LogP contribution >= 0.6 is 15.9 Å². The van der Waals surface area contributed by atoms with Crippen molar-refractivity contribution in [2.45, 2.75) is 26.0 Å². The number of carbonyl (C=O) groups is 1. The van der Waals surface area contributed by atoms with Crippen LogP contribution in [-0.2, 0) is 9.53 Å². The molecule has 0 aliphatic rings. The predicted molar refractivity (Wildman–Crippen MR) is 72.1 cm³/mol. The lowest BCUT2D eigenvalue weighted by Crippen LogP contribution is -2.38. The van der Waals surface area contributed by atoms with E-state index in [0.29, 0.717) is 11.5 Å². The van der Waals surface area contributed by atoms with Gasteiger partial charge in [-0.2, -0.15) is 0 Å². The van der Waals surface area contributed by atoms with Crippen LogP contribution in [0.2, 0.25) is 0 Å². The number of anilines is 2. The van der Waals surface area contributed by atoms with E-state index in [-0.39, 0.29) is 6.61 Å². The molecule has 0 saturated carbocycles. The highest BCUT2D eigenvalue weighted by Gasteiger charge is 2.24. The first-order valence-corrected chi connectivity index (χ1v) is 6.27. The van der Waals surface area contributed by atoms with E-state index in [1.54, 1.807) is 26.1 Å². The van der Waals surface area contributed by atoms with E-state index in [1.165, 1.54) is 0 Å². The zero-order valence-corrected chi connectivity index (χ0v) is 11.8. The molecule has 1 rings (SSSR count). The Hall–Kier alpha value is -1.34. The van der Waals surface area contributed by atoms with E-state index in [1.807, 2.05) is 0 Å². The van der Waals surface area contributed by atoms with Gasteiger partial charge in [-0.25, -0.2) is 9.78 Å². The maximum Gasteiger partial charge on any atom is 0.337 e. The number of rotatable bonds is 5. The Labute approximate surface area is 114 Å². The van der Waals surface area contributed by atoms with Gasteiger partial charge in [0.1, 0.15) is 5.82 Å². The molecule has 2 unspecified atom stereocenters. The number of hydrogen-bond acceptors (Lipinski definition) is 6. The Kier molecular flexibility index (Phi) is 5.36. The van der Waals surface area contributed by atoms with Gasteiger partial charge in [0.05, 0.1) is 18.3 Å². The van der Waals surface area contributed by atoms with Crippen molar-refractivity contribution >= 4 is 33.4 Å². The van der Waals surface area contributed by atoms with Crippen LogP contribution in [0.5, 0.6) is 0 Å². The van der Waals surface area contributed by atoms with Crippen molar-refractivity contribution < 1.29 is 14.6 Å². The molecule has 0 fully saturated rings. The van der Waals surface area contributed by atoms with E-state index in [9.17, 15) is 9.90 Å². The van der Waals surface area contributed by atoms with Gasteiger partial charge < -0.3 is 20.9 Å². The minimum absolute atomic E-state index is 0.225. The third-order valence-electron chi connectivity index (χ3n) is 2.27. The van der Waals surface area contributed by atoms with E-state index in [0.717, 1.165) is 4.47 Å². The summed E-state index contributed by atoms with van der Waals surface area (Å²) in [5, 5.41) is 12.7. The molecule has 1 aromatic heterocycles. The largest absolute Gasteiger partial charge is 0.464 e. The summed E-state index contributed by atoms with van der Waals surface area (Å²) in [6, 6.07) is 1.18. The molecule has 0 saturated heterocycles. The van der Waals surface area contributed by atoms with Crippen LogP contribution in [0.4, 0.5) is 11.5 Å². The number of nitrogens with two attached hydrogens (primary N) is 1. The van der Waals surface area contributed by atoms with Crippen LogP contribution in [0.25, 0.3) is 0 Å². The average Bonchev–Trinajstić information content (AvgIpc) is 2.33. The van der Waals surface area contributed by atoms with Crippen LogP contribution in [-0.4, -0.2) is 34.8 Å². The van der Waals surface area contributed by atoms with Crippen molar-refractivity contribution in [2.75, 3.05) is 17.7 Å². The highest BCUT2D eigenvalue weighted by atomic mass is 79.9. The Morgan fingerprint density at radius 1 is 1.72 bits per heavy atom. The van der Waals surface area contributed by atoms with Crippen molar-refractivity contribution in [3.63, 3.8) is 0 Å². The standard InChI is InChI=1S/C11H16BrN3O3/c1-3-18-11(17)9(16)6(2)15-8-4-7(12)5-14-10(8)13/h4-6,9,15-16H,3H2,1-2H3,(H2,13,14). The van der Waals surface area contributed by atoms with Gasteiger partial charge in [0.2, 0.25) is 0 Å². The summed E-state index contributed by atoms with van der Waals surface area (Å²) in [5.41, 5.74) is 6.22. The Balaban J connectivity index is 2.71. The molecule has 0 spiro atoms. The SMILES string of the molecule is CCOC(=O)C(O)C(C)Nc1cc(Br)cnc1N. The highest BCUT2D eigenvalue weighted by Crippen LogP contribution is 2.21. The fraction of sp³-hybridized carbons (Fsp3) is 0.455. The van der Waals surface area contributed by atoms with Gasteiger partial charge in [-0.3, -0.25) is 0 Å². The molecule has 4 N–H and O–H groups in total. The predicted octanol–water partition coefficient (Wildman–Crippen LogP) is 1.15. The molecular formula is C11H16BrN3O3. The van der Waals surface area contributed by atoms with Gasteiger partial charge in [-0.05, 0) is 35.8 Å². The quantitative estimate of drug-likeness (QED) is 0.705. The van der Waals surface area contributed by atoms with Crippen molar-refractivity contribution in [1.82, 2.24) is 4.98 Å². The molecule has 100 valence electrons. The van der Waals surface area contributed by atoms with E-state index >= 15 is 0 Å². The number of aliphatic hydroxyl groups is 1. The number of halogens is 1. The average molecular weight is 318 g/mol. The second-order valence-electron chi connectivity index (χ2n) is 3.72. The number of pyridine rings is 1. The third kappa shape index (κ3) is 3.85. The Morgan fingerprint density at radius 3 is 3.00 bits per heavy atom. The Morgan fingerprint density at radius 2 is 2.39 bits per heavy atom. The van der Waals surface area contributed by atoms with Crippen LogP contribution < -0.4 is 11.1 Å². The van der Waals surface area contributed by atoms with Gasteiger partial charge in [-0.15, -0.1) is 0 Å². The first-order valence-electron chi connectivity index (χ1n) is 5.48. The molecule has 0 aromatic carbocycles. The van der Waals surface area contributed by atoms with E-state index < -0.39 is 18.1 Å². The van der Waals surface area contributed by atoms with Crippen LogP contribution in [0.1, 0.15) is 13.8 Å². The number of hydrogen-bond donors (Lipinski definition) is 3. The van der Waals surface area contributed by atoms with Crippen LogP contribution in [0, 0.1) is 0 Å². The molecule has 2 atom stereocenters. The smallest absolute Gasteiger partial charge is 0.337 e. The first kappa shape index (κ1) is 14.7. The minimum Gasteiger partial charge on any atom is -0.464 e. The van der Waals surface area contributed by atoms with Gasteiger partial charge >= 0.3 is 5.97 Å². The summed E-state index contributed by atoms with van der Waals surface area (Å²) >= 11 is 3.26. The molecule has 0 aliphatic heterocycles. The topological polar surface area (TPSA) is 97.5 Å². The number of carbonyl (C=O) groups excluding carboxylic acids is 1. The monoisotopic (exact) mass is 317 g/mol. The number of aliphatic hydroxyl groups excluding tert-OH is 1. The summed E-state index contributed by atoms with van der Waals surface area (Å²) in [6.45, 7) is 3.56. The molecule has 7 heteroatoms. The fourth-order valence-electron chi connectivity index (χ4n) is 1.32. The highest BCUT2D eigenvalue weighted by molar-refractivity contribution is 9.10. The lowest BCUT2D eigenvalue weighted by Gasteiger charge is -2.20. The molecule has 0 radical (unpaired) electrons. The molecular weight excluding hydrogens is 302 g/mol. The fourth-order valence-corrected chi connectivity index (χ4v) is 1.65. The summed E-state index contributed by atoms with van der Waals surface area (Å²) in [6.07, 6.45) is 0.302. The van der Waals surface area contributed by atoms with Crippen LogP contribution in [0.3, 0.4) is 0 Å². The molecule has 0 amide bonds.